The van der Waals surface area contributed by atoms with Crippen molar-refractivity contribution >= 4 is 46.8 Å². The number of thioether (sulfide) groups is 2. The highest BCUT2D eigenvalue weighted by Crippen LogP contribution is 2.43. The summed E-state index contributed by atoms with van der Waals surface area (Å²) in [6, 6.07) is 7.83. The highest BCUT2D eigenvalue weighted by Gasteiger charge is 2.17. The summed E-state index contributed by atoms with van der Waals surface area (Å²) < 4.78 is 5.50. The molecule has 1 atom stereocenters. The fraction of sp³-hybridized carbons (Fsp3) is 0.500. The van der Waals surface area contributed by atoms with Gasteiger partial charge in [0.15, 0.2) is 5.11 Å². The maximum atomic E-state index is 12.2. The third kappa shape index (κ3) is 6.16. The van der Waals surface area contributed by atoms with Gasteiger partial charge in [-0.1, -0.05) is 12.1 Å². The monoisotopic (exact) mass is 385 g/mol. The van der Waals surface area contributed by atoms with Crippen molar-refractivity contribution in [1.29, 1.82) is 0 Å². The smallest absolute Gasteiger partial charge is 0.269 e. The van der Waals surface area contributed by atoms with Crippen LogP contribution >= 0.6 is 35.7 Å². The van der Waals surface area contributed by atoms with Crippen molar-refractivity contribution in [3.8, 4) is 0 Å². The van der Waals surface area contributed by atoms with E-state index in [1.807, 2.05) is 54.7 Å². The van der Waals surface area contributed by atoms with E-state index in [0.29, 0.717) is 21.9 Å². The van der Waals surface area contributed by atoms with E-state index in [1.54, 1.807) is 7.11 Å². The van der Waals surface area contributed by atoms with Crippen LogP contribution in [-0.2, 0) is 4.74 Å². The van der Waals surface area contributed by atoms with E-state index < -0.39 is 0 Å². The number of benzene rings is 1. The molecule has 1 aromatic carbocycles. The lowest BCUT2D eigenvalue weighted by molar-refractivity contribution is 0.0943. The zero-order chi connectivity index (χ0) is 17.4. The molecule has 1 amide bonds. The molecule has 3 N–H and O–H groups in total. The molecule has 1 aliphatic rings. The molecule has 1 aromatic rings. The Morgan fingerprint density at radius 3 is 2.58 bits per heavy atom. The fourth-order valence-electron chi connectivity index (χ4n) is 2.21. The average molecular weight is 386 g/mol. The number of amides is 1. The van der Waals surface area contributed by atoms with E-state index >= 15 is 0 Å². The second-order valence-electron chi connectivity index (χ2n) is 5.46. The number of thiocarbonyl (C=S) groups is 1. The number of carbonyl (C=O) groups is 1. The maximum Gasteiger partial charge on any atom is 0.269 e. The van der Waals surface area contributed by atoms with Crippen LogP contribution in [0.25, 0.3) is 0 Å². The van der Waals surface area contributed by atoms with Crippen molar-refractivity contribution in [2.75, 3.05) is 25.2 Å². The molecule has 1 saturated heterocycles. The highest BCUT2D eigenvalue weighted by molar-refractivity contribution is 8.16. The van der Waals surface area contributed by atoms with Crippen LogP contribution in [0, 0.1) is 0 Å². The number of rotatable bonds is 5. The Labute approximate surface area is 157 Å². The van der Waals surface area contributed by atoms with Gasteiger partial charge in [-0.15, -0.1) is 23.5 Å². The van der Waals surface area contributed by atoms with Gasteiger partial charge >= 0.3 is 0 Å². The van der Waals surface area contributed by atoms with Crippen LogP contribution in [0.1, 0.15) is 33.8 Å². The number of nitrogens with one attached hydrogen (secondary N) is 3. The number of carbonyl (C=O) groups excluding carboxylic acids is 1. The number of ether oxygens (including phenoxy) is 1. The minimum Gasteiger partial charge on any atom is -0.383 e. The zero-order valence-electron chi connectivity index (χ0n) is 13.8. The summed E-state index contributed by atoms with van der Waals surface area (Å²) in [4.78, 5) is 12.2. The lowest BCUT2D eigenvalue weighted by atomic mass is 10.1. The van der Waals surface area contributed by atoms with Crippen LogP contribution in [-0.4, -0.2) is 42.3 Å². The van der Waals surface area contributed by atoms with Crippen molar-refractivity contribution in [3.63, 3.8) is 0 Å². The van der Waals surface area contributed by atoms with E-state index in [9.17, 15) is 4.79 Å². The van der Waals surface area contributed by atoms with E-state index in [2.05, 4.69) is 16.2 Å². The number of hydrogen-bond acceptors (Lipinski definition) is 5. The lowest BCUT2D eigenvalue weighted by Gasteiger charge is -2.21. The Morgan fingerprint density at radius 1 is 1.29 bits per heavy atom. The van der Waals surface area contributed by atoms with Crippen LogP contribution in [0.2, 0.25) is 0 Å². The molecule has 0 unspecified atom stereocenters. The second-order valence-corrected chi connectivity index (χ2v) is 8.59. The molecular formula is C16H23N3O2S3. The van der Waals surface area contributed by atoms with Crippen molar-refractivity contribution in [2.24, 2.45) is 0 Å². The number of methoxy groups -OCH3 is 1. The van der Waals surface area contributed by atoms with Gasteiger partial charge in [0.2, 0.25) is 0 Å². The molecule has 0 radical (unpaired) electrons. The van der Waals surface area contributed by atoms with Gasteiger partial charge in [-0.25, -0.2) is 0 Å². The van der Waals surface area contributed by atoms with Gasteiger partial charge in [-0.3, -0.25) is 15.6 Å². The van der Waals surface area contributed by atoms with Crippen LogP contribution in [0.15, 0.2) is 24.3 Å². The van der Waals surface area contributed by atoms with Gasteiger partial charge < -0.3 is 10.1 Å². The minimum atomic E-state index is -0.214. The minimum absolute atomic E-state index is 0.0664. The predicted molar refractivity (Wildman–Crippen MR) is 106 cm³/mol. The summed E-state index contributed by atoms with van der Waals surface area (Å²) in [7, 11) is 1.63. The summed E-state index contributed by atoms with van der Waals surface area (Å²) in [5.74, 6) is 2.19. The Morgan fingerprint density at radius 2 is 1.96 bits per heavy atom. The largest absolute Gasteiger partial charge is 0.383 e. The summed E-state index contributed by atoms with van der Waals surface area (Å²) >= 11 is 9.06. The molecule has 0 spiro atoms. The number of hydrogen-bond donors (Lipinski definition) is 3. The van der Waals surface area contributed by atoms with Gasteiger partial charge in [0.1, 0.15) is 0 Å². The first kappa shape index (κ1) is 19.4. The van der Waals surface area contributed by atoms with Gasteiger partial charge in [0, 0.05) is 18.7 Å². The quantitative estimate of drug-likeness (QED) is 0.532. The van der Waals surface area contributed by atoms with Gasteiger partial charge in [0.05, 0.1) is 11.2 Å². The van der Waals surface area contributed by atoms with Gasteiger partial charge in [0.25, 0.3) is 5.91 Å². The summed E-state index contributed by atoms with van der Waals surface area (Å²) in [5, 5.41) is 3.38. The van der Waals surface area contributed by atoms with Crippen LogP contribution in [0.5, 0.6) is 0 Å². The van der Waals surface area contributed by atoms with Crippen LogP contribution in [0.4, 0.5) is 0 Å². The van der Waals surface area contributed by atoms with E-state index in [-0.39, 0.29) is 11.9 Å². The first-order valence-corrected chi connectivity index (χ1v) is 10.3. The average Bonchev–Trinajstić information content (AvgIpc) is 2.61. The molecule has 132 valence electrons. The molecule has 2 rings (SSSR count). The normalized spacial score (nSPS) is 16.2. The number of hydrazine groups is 1. The van der Waals surface area contributed by atoms with Gasteiger partial charge in [-0.2, -0.15) is 0 Å². The van der Waals surface area contributed by atoms with Crippen molar-refractivity contribution < 1.29 is 9.53 Å². The topological polar surface area (TPSA) is 62.4 Å². The molecule has 0 aromatic heterocycles. The lowest BCUT2D eigenvalue weighted by Crippen LogP contribution is -2.49. The molecular weight excluding hydrogens is 362 g/mol. The summed E-state index contributed by atoms with van der Waals surface area (Å²) in [6.07, 6.45) is 1.27. The molecule has 8 heteroatoms. The van der Waals surface area contributed by atoms with E-state index in [0.717, 1.165) is 0 Å². The first-order valence-electron chi connectivity index (χ1n) is 7.79. The van der Waals surface area contributed by atoms with Crippen LogP contribution in [0.3, 0.4) is 0 Å². The van der Waals surface area contributed by atoms with Crippen molar-refractivity contribution in [2.45, 2.75) is 24.0 Å². The molecule has 1 aliphatic heterocycles. The Bertz CT molecular complexity index is 548. The Balaban J connectivity index is 1.80. The second kappa shape index (κ2) is 10.1. The molecule has 1 fully saturated rings. The highest BCUT2D eigenvalue weighted by atomic mass is 32.2. The van der Waals surface area contributed by atoms with Crippen molar-refractivity contribution in [3.05, 3.63) is 35.4 Å². The van der Waals surface area contributed by atoms with E-state index in [4.69, 9.17) is 17.0 Å². The fourth-order valence-corrected chi connectivity index (χ4v) is 5.36. The summed E-state index contributed by atoms with van der Waals surface area (Å²) in [5.41, 5.74) is 7.17. The van der Waals surface area contributed by atoms with Gasteiger partial charge in [-0.05, 0) is 54.8 Å². The molecule has 1 heterocycles. The van der Waals surface area contributed by atoms with E-state index in [1.165, 1.54) is 23.5 Å². The summed E-state index contributed by atoms with van der Waals surface area (Å²) in [6.45, 7) is 2.48. The molecule has 5 nitrogen and oxygen atoms in total. The third-order valence-corrected chi connectivity index (χ3v) is 6.59. The SMILES string of the molecule is COC[C@H](C)NC(=S)NNC(=O)c1ccc(C2SCCCS2)cc1. The van der Waals surface area contributed by atoms with Crippen LogP contribution < -0.4 is 16.2 Å². The molecule has 0 bridgehead atoms. The van der Waals surface area contributed by atoms with Crippen molar-refractivity contribution in [1.82, 2.24) is 16.2 Å². The Kier molecular flexibility index (Phi) is 8.17. The zero-order valence-corrected chi connectivity index (χ0v) is 16.3. The molecule has 24 heavy (non-hydrogen) atoms. The molecule has 0 saturated carbocycles. The standard InChI is InChI=1S/C16H23N3O2S3/c1-11(10-21-2)17-16(22)19-18-14(20)12-4-6-13(7-5-12)15-23-8-3-9-24-15/h4-7,11,15H,3,8-10H2,1-2H3,(H,18,20)(H2,17,19,22)/t11-/m0/s1. The maximum absolute atomic E-state index is 12.2. The predicted octanol–water partition coefficient (Wildman–Crippen LogP) is 2.70. The first-order chi connectivity index (χ1) is 11.6. The molecule has 0 aliphatic carbocycles. The third-order valence-electron chi connectivity index (χ3n) is 3.36. The Hall–Kier alpha value is -0.960.